The van der Waals surface area contributed by atoms with Gasteiger partial charge in [-0.2, -0.15) is 0 Å². The van der Waals surface area contributed by atoms with Crippen molar-refractivity contribution in [2.75, 3.05) is 5.32 Å². The third kappa shape index (κ3) is 6.18. The minimum atomic E-state index is 0. The fraction of sp³-hybridized carbons (Fsp3) is 0.111. The van der Waals surface area contributed by atoms with Crippen LogP contribution in [0.4, 0.5) is 11.4 Å². The maximum absolute atomic E-state index is 4.58. The molecule has 0 saturated carbocycles. The van der Waals surface area contributed by atoms with Gasteiger partial charge in [-0.15, -0.1) is 71.0 Å². The van der Waals surface area contributed by atoms with Crippen LogP contribution in [0.2, 0.25) is 0 Å². The molecule has 9 rings (SSSR count). The van der Waals surface area contributed by atoms with E-state index in [1.807, 2.05) is 78.2 Å². The first kappa shape index (κ1) is 33.6. The summed E-state index contributed by atoms with van der Waals surface area (Å²) in [6.45, 7) is 9.15. The van der Waals surface area contributed by atoms with Crippen LogP contribution in [-0.2, 0) is 25.5 Å². The maximum Gasteiger partial charge on any atom is 0.0475 e. The molecule has 0 atom stereocenters. The topological polar surface area (TPSA) is 37.8 Å². The summed E-state index contributed by atoms with van der Waals surface area (Å²) in [5.41, 5.74) is 13.9. The maximum atomic E-state index is 4.58. The van der Waals surface area contributed by atoms with Gasteiger partial charge in [-0.1, -0.05) is 93.1 Å². The molecule has 5 aromatic carbocycles. The van der Waals surface area contributed by atoms with Gasteiger partial charge in [0.1, 0.15) is 0 Å². The third-order valence-corrected chi connectivity index (χ3v) is 10.4. The van der Waals surface area contributed by atoms with E-state index in [9.17, 15) is 0 Å². The molecule has 0 unspecified atom stereocenters. The van der Waals surface area contributed by atoms with E-state index in [2.05, 4.69) is 116 Å². The summed E-state index contributed by atoms with van der Waals surface area (Å²) in [7, 11) is 0. The molecular formula is C45H35IrN3S-2. The van der Waals surface area contributed by atoms with Crippen molar-refractivity contribution in [2.24, 2.45) is 0 Å². The third-order valence-electron chi connectivity index (χ3n) is 9.19. The monoisotopic (exact) mass is 842 g/mol. The van der Waals surface area contributed by atoms with Gasteiger partial charge >= 0.3 is 0 Å². The molecule has 1 aliphatic rings. The smallest absolute Gasteiger partial charge is 0.0475 e. The number of nitrogens with one attached hydrogen (secondary N) is 1. The van der Waals surface area contributed by atoms with Gasteiger partial charge in [-0.3, -0.25) is 0 Å². The van der Waals surface area contributed by atoms with Crippen molar-refractivity contribution < 1.29 is 20.1 Å². The molecule has 0 spiro atoms. The van der Waals surface area contributed by atoms with E-state index in [0.29, 0.717) is 0 Å². The van der Waals surface area contributed by atoms with Gasteiger partial charge in [0, 0.05) is 63.9 Å². The summed E-state index contributed by atoms with van der Waals surface area (Å²) < 4.78 is 2.69. The van der Waals surface area contributed by atoms with Crippen LogP contribution >= 0.6 is 11.3 Å². The normalized spacial score (nSPS) is 11.6. The molecule has 50 heavy (non-hydrogen) atoms. The molecule has 0 aliphatic carbocycles. The van der Waals surface area contributed by atoms with E-state index >= 15 is 0 Å². The number of pyridine rings is 2. The second kappa shape index (κ2) is 13.8. The van der Waals surface area contributed by atoms with E-state index in [-0.39, 0.29) is 25.5 Å². The van der Waals surface area contributed by atoms with Crippen LogP contribution in [0.25, 0.3) is 64.9 Å². The van der Waals surface area contributed by atoms with Crippen LogP contribution in [0.1, 0.15) is 31.9 Å². The van der Waals surface area contributed by atoms with Crippen LogP contribution in [-0.4, -0.2) is 9.97 Å². The largest absolute Gasteiger partial charge is 0.394 e. The molecule has 8 aromatic rings. The van der Waals surface area contributed by atoms with Gasteiger partial charge in [0.05, 0.1) is 0 Å². The number of rotatable bonds is 2. The zero-order chi connectivity index (χ0) is 33.5. The zero-order valence-corrected chi connectivity index (χ0v) is 31.5. The Morgan fingerprint density at radius 1 is 0.660 bits per heavy atom. The SMILES string of the molecule is Cc1c2cccc1-c1ccc3sc4c(C(C)(C)C)cccc4c3c1Nc1c[c-]c(-c3ccccn3)cc1-2.[Ir].[c-]1ccccc1-c1ccccn1. The molecule has 1 aliphatic heterocycles. The molecule has 3 aromatic heterocycles. The Balaban J connectivity index is 0.000000255. The number of thiophene rings is 1. The average molecular weight is 842 g/mol. The van der Waals surface area contributed by atoms with Gasteiger partial charge in [0.2, 0.25) is 0 Å². The molecular weight excluding hydrogens is 807 g/mol. The number of hydrogen-bond acceptors (Lipinski definition) is 4. The van der Waals surface area contributed by atoms with Crippen LogP contribution in [0, 0.1) is 19.1 Å². The predicted octanol–water partition coefficient (Wildman–Crippen LogP) is 12.5. The Bertz CT molecular complexity index is 2410. The summed E-state index contributed by atoms with van der Waals surface area (Å²) >= 11 is 1.90. The number of benzene rings is 5. The van der Waals surface area contributed by atoms with Crippen LogP contribution < -0.4 is 5.32 Å². The molecule has 5 heteroatoms. The van der Waals surface area contributed by atoms with Gasteiger partial charge in [0.15, 0.2) is 0 Å². The standard InChI is InChI=1S/C34H27N2S.C11H8N.Ir/c1-20-22-9-7-10-23(20)26-19-21(28-13-5-6-18-35-28)14-16-29(26)36-32-24(22)15-17-30-31(32)25-11-8-12-27(33(25)37-30)34(2,3)4;1-2-6-10(7-3-1)11-8-4-5-9-12-11;/h5-13,15-19,36H,1-4H3;1-6,8-9H;/q2*-1;. The second-order valence-corrected chi connectivity index (χ2v) is 14.4. The number of anilines is 2. The van der Waals surface area contributed by atoms with Crippen molar-refractivity contribution in [3.8, 4) is 44.8 Å². The second-order valence-electron chi connectivity index (χ2n) is 13.4. The Kier molecular flexibility index (Phi) is 9.24. The van der Waals surface area contributed by atoms with Gasteiger partial charge < -0.3 is 15.3 Å². The van der Waals surface area contributed by atoms with E-state index < -0.39 is 0 Å². The first-order valence-electron chi connectivity index (χ1n) is 16.6. The van der Waals surface area contributed by atoms with Crippen molar-refractivity contribution in [1.82, 2.24) is 9.97 Å². The quantitative estimate of drug-likeness (QED) is 0.176. The van der Waals surface area contributed by atoms with E-state index in [4.69, 9.17) is 0 Å². The summed E-state index contributed by atoms with van der Waals surface area (Å²) in [6.07, 6.45) is 3.63. The fourth-order valence-corrected chi connectivity index (χ4v) is 8.19. The van der Waals surface area contributed by atoms with Gasteiger partial charge in [-0.05, 0) is 69.9 Å². The van der Waals surface area contributed by atoms with Crippen molar-refractivity contribution in [2.45, 2.75) is 33.1 Å². The Morgan fingerprint density at radius 3 is 2.04 bits per heavy atom. The van der Waals surface area contributed by atoms with Crippen molar-refractivity contribution in [3.05, 3.63) is 157 Å². The summed E-state index contributed by atoms with van der Waals surface area (Å²) in [6, 6.07) is 48.7. The summed E-state index contributed by atoms with van der Waals surface area (Å²) in [5, 5.41) is 6.52. The minimum absolute atomic E-state index is 0. The van der Waals surface area contributed by atoms with E-state index in [1.54, 1.807) is 6.20 Å². The van der Waals surface area contributed by atoms with Crippen molar-refractivity contribution >= 4 is 42.9 Å². The average Bonchev–Trinajstić information content (AvgIpc) is 3.52. The van der Waals surface area contributed by atoms with Crippen molar-refractivity contribution in [1.29, 1.82) is 0 Å². The molecule has 4 heterocycles. The molecule has 2 bridgehead atoms. The summed E-state index contributed by atoms with van der Waals surface area (Å²) in [5.74, 6) is 0. The summed E-state index contributed by atoms with van der Waals surface area (Å²) in [4.78, 5) is 8.79. The van der Waals surface area contributed by atoms with Crippen LogP contribution in [0.5, 0.6) is 0 Å². The Morgan fingerprint density at radius 2 is 1.36 bits per heavy atom. The fourth-order valence-electron chi connectivity index (χ4n) is 6.75. The molecule has 0 amide bonds. The number of fused-ring (bicyclic) bond motifs is 10. The Hall–Kier alpha value is -4.93. The predicted molar refractivity (Wildman–Crippen MR) is 207 cm³/mol. The number of aromatic nitrogens is 2. The Labute approximate surface area is 311 Å². The van der Waals surface area contributed by atoms with Gasteiger partial charge in [-0.25, -0.2) is 0 Å². The molecule has 0 fully saturated rings. The minimum Gasteiger partial charge on any atom is -0.394 e. The van der Waals surface area contributed by atoms with E-state index in [1.165, 1.54) is 59.2 Å². The van der Waals surface area contributed by atoms with E-state index in [0.717, 1.165) is 28.2 Å². The first-order valence-corrected chi connectivity index (χ1v) is 17.4. The van der Waals surface area contributed by atoms with Crippen molar-refractivity contribution in [3.63, 3.8) is 0 Å². The number of hydrogen-bond donors (Lipinski definition) is 1. The molecule has 1 N–H and O–H groups in total. The molecule has 1 radical (unpaired) electrons. The first-order chi connectivity index (χ1) is 23.9. The van der Waals surface area contributed by atoms with Crippen LogP contribution in [0.3, 0.4) is 0 Å². The number of nitrogens with zero attached hydrogens (tertiary/aromatic N) is 2. The zero-order valence-electron chi connectivity index (χ0n) is 28.3. The molecule has 0 saturated heterocycles. The molecule has 247 valence electrons. The van der Waals surface area contributed by atoms with Crippen LogP contribution in [0.15, 0.2) is 134 Å². The van der Waals surface area contributed by atoms with Gasteiger partial charge in [0.25, 0.3) is 0 Å². The molecule has 3 nitrogen and oxygen atoms in total.